The van der Waals surface area contributed by atoms with Gasteiger partial charge in [0.05, 0.1) is 0 Å². The predicted molar refractivity (Wildman–Crippen MR) is 56.7 cm³/mol. The number of carboxylic acid groups (broad SMARTS) is 1. The average Bonchev–Trinajstić information content (AvgIpc) is 2.43. The van der Waals surface area contributed by atoms with Gasteiger partial charge in [0.2, 0.25) is 0 Å². The summed E-state index contributed by atoms with van der Waals surface area (Å²) in [5.74, 6) is -37.6. The van der Waals surface area contributed by atoms with Crippen molar-refractivity contribution in [3.8, 4) is 0 Å². The van der Waals surface area contributed by atoms with Crippen molar-refractivity contribution in [2.24, 2.45) is 0 Å². The largest absolute Gasteiger partial charge is 0.478 e. The fourth-order valence-electron chi connectivity index (χ4n) is 1.35. The smallest absolute Gasteiger partial charge is 0.384 e. The van der Waals surface area contributed by atoms with Crippen molar-refractivity contribution < 1.29 is 62.6 Å². The summed E-state index contributed by atoms with van der Waals surface area (Å²) in [5.41, 5.74) is -1.21. The Hall–Kier alpha value is -1.63. The highest BCUT2D eigenvalue weighted by Crippen LogP contribution is 2.58. The Morgan fingerprint density at radius 2 is 1.24 bits per heavy atom. The molecule has 25 heavy (non-hydrogen) atoms. The molecule has 0 aromatic carbocycles. The van der Waals surface area contributed by atoms with E-state index in [1.54, 1.807) is 0 Å². The summed E-state index contributed by atoms with van der Waals surface area (Å²) < 4.78 is 153. The van der Waals surface area contributed by atoms with Crippen LogP contribution in [0.1, 0.15) is 12.8 Å². The lowest BCUT2D eigenvalue weighted by Gasteiger charge is -2.39. The molecular weight excluding hydrogens is 392 g/mol. The topological polar surface area (TPSA) is 37.3 Å². The molecule has 0 aromatic rings. The van der Waals surface area contributed by atoms with Crippen molar-refractivity contribution >= 4 is 5.97 Å². The molecule has 0 amide bonds. The third kappa shape index (κ3) is 3.66. The van der Waals surface area contributed by atoms with Crippen LogP contribution in [-0.2, 0) is 4.79 Å². The molecule has 0 bridgehead atoms. The van der Waals surface area contributed by atoms with E-state index < -0.39 is 60.4 Å². The van der Waals surface area contributed by atoms with Crippen LogP contribution in [0.15, 0.2) is 12.2 Å². The Morgan fingerprint density at radius 3 is 1.56 bits per heavy atom. The second-order valence-corrected chi connectivity index (χ2v) is 4.76. The second kappa shape index (κ2) is 6.59. The van der Waals surface area contributed by atoms with Gasteiger partial charge in [-0.1, -0.05) is 6.58 Å². The Balaban J connectivity index is 5.86. The number of carboxylic acids is 1. The van der Waals surface area contributed by atoms with Crippen molar-refractivity contribution in [1.29, 1.82) is 0 Å². The molecule has 0 unspecified atom stereocenters. The van der Waals surface area contributed by atoms with Gasteiger partial charge in [0.1, 0.15) is 0 Å². The summed E-state index contributed by atoms with van der Waals surface area (Å²) in [6.07, 6.45) is -9.67. The lowest BCUT2D eigenvalue weighted by molar-refractivity contribution is -0.413. The highest BCUT2D eigenvalue weighted by Gasteiger charge is 2.87. The molecule has 148 valence electrons. The van der Waals surface area contributed by atoms with Gasteiger partial charge in [0.25, 0.3) is 0 Å². The number of carbonyl (C=O) groups is 1. The zero-order valence-electron chi connectivity index (χ0n) is 11.6. The summed E-state index contributed by atoms with van der Waals surface area (Å²) in [5, 5.41) is 8.26. The zero-order chi connectivity index (χ0) is 20.6. The molecule has 0 aliphatic heterocycles. The van der Waals surface area contributed by atoms with E-state index >= 15 is 0 Å². The summed E-state index contributed by atoms with van der Waals surface area (Å²) in [7, 11) is 0. The summed E-state index contributed by atoms with van der Waals surface area (Å²) in [6.45, 7) is 2.58. The van der Waals surface area contributed by atoms with Crippen LogP contribution >= 0.6 is 0 Å². The maximum absolute atomic E-state index is 13.2. The van der Waals surface area contributed by atoms with E-state index in [9.17, 15) is 57.5 Å². The van der Waals surface area contributed by atoms with Crippen LogP contribution in [0.3, 0.4) is 0 Å². The van der Waals surface area contributed by atoms with Gasteiger partial charge in [-0.3, -0.25) is 0 Å². The summed E-state index contributed by atoms with van der Waals surface area (Å²) in [6, 6.07) is 0. The summed E-state index contributed by atoms with van der Waals surface area (Å²) in [4.78, 5) is 10.2. The molecule has 0 radical (unpaired) electrons. The predicted octanol–water partition coefficient (Wildman–Crippen LogP) is 4.85. The maximum atomic E-state index is 13.2. The molecular formula is C11H8F12O2. The van der Waals surface area contributed by atoms with Gasteiger partial charge in [-0.2, -0.15) is 43.9 Å². The number of alkyl halides is 12. The van der Waals surface area contributed by atoms with E-state index in [4.69, 9.17) is 5.11 Å². The van der Waals surface area contributed by atoms with Crippen LogP contribution in [0.5, 0.6) is 0 Å². The van der Waals surface area contributed by atoms with Gasteiger partial charge in [-0.15, -0.1) is 0 Å². The lowest BCUT2D eigenvalue weighted by atomic mass is 9.91. The van der Waals surface area contributed by atoms with Crippen molar-refractivity contribution in [3.63, 3.8) is 0 Å². The van der Waals surface area contributed by atoms with Crippen molar-refractivity contribution in [2.45, 2.75) is 48.9 Å². The van der Waals surface area contributed by atoms with Crippen LogP contribution in [0.2, 0.25) is 0 Å². The van der Waals surface area contributed by atoms with Gasteiger partial charge < -0.3 is 5.11 Å². The highest BCUT2D eigenvalue weighted by molar-refractivity contribution is 5.85. The third-order valence-corrected chi connectivity index (χ3v) is 2.98. The van der Waals surface area contributed by atoms with E-state index in [2.05, 4.69) is 6.58 Å². The Morgan fingerprint density at radius 1 is 0.840 bits per heavy atom. The zero-order valence-corrected chi connectivity index (χ0v) is 11.6. The molecule has 1 N–H and O–H groups in total. The fraction of sp³-hybridized carbons (Fsp3) is 0.727. The van der Waals surface area contributed by atoms with E-state index in [1.807, 2.05) is 0 Å². The Labute approximate surface area is 131 Å². The number of hydrogen-bond acceptors (Lipinski definition) is 1. The highest BCUT2D eigenvalue weighted by atomic mass is 19.4. The average molecular weight is 400 g/mol. The molecule has 0 aromatic heterocycles. The SMILES string of the molecule is C=C(CCC(F)(F)C(F)(F)C(F)(F)C(F)(F)C(F)(F)C(F)F)C(=O)O. The van der Waals surface area contributed by atoms with E-state index in [-0.39, 0.29) is 0 Å². The number of rotatable bonds is 9. The first-order valence-corrected chi connectivity index (χ1v) is 5.85. The standard InChI is InChI=1S/C11H8F12O2/c1-4(5(24)25)2-3-7(14,15)9(18,19)11(22,23)10(20,21)8(16,17)6(12)13/h6H,1-3H2,(H,24,25). The number of halogens is 12. The third-order valence-electron chi connectivity index (χ3n) is 2.98. The van der Waals surface area contributed by atoms with Crippen molar-refractivity contribution in [3.05, 3.63) is 12.2 Å². The Bertz CT molecular complexity index is 525. The minimum Gasteiger partial charge on any atom is -0.478 e. The normalized spacial score (nSPS) is 14.8. The molecule has 14 heteroatoms. The molecule has 2 nitrogen and oxygen atoms in total. The van der Waals surface area contributed by atoms with E-state index in [0.717, 1.165) is 0 Å². The quantitative estimate of drug-likeness (QED) is 0.444. The first-order valence-electron chi connectivity index (χ1n) is 5.85. The minimum atomic E-state index is -7.60. The molecule has 0 saturated heterocycles. The van der Waals surface area contributed by atoms with Crippen LogP contribution < -0.4 is 0 Å². The first-order chi connectivity index (χ1) is 10.8. The minimum absolute atomic E-state index is 1.21. The van der Waals surface area contributed by atoms with Gasteiger partial charge in [0.15, 0.2) is 0 Å². The first kappa shape index (κ1) is 23.4. The van der Waals surface area contributed by atoms with Crippen LogP contribution in [-0.4, -0.2) is 47.1 Å². The van der Waals surface area contributed by atoms with Gasteiger partial charge in [0, 0.05) is 12.0 Å². The molecule has 0 aliphatic carbocycles. The number of aliphatic carboxylic acids is 1. The molecule has 0 saturated carbocycles. The second-order valence-electron chi connectivity index (χ2n) is 4.76. The Kier molecular flexibility index (Phi) is 6.16. The number of hydrogen-bond donors (Lipinski definition) is 1. The summed E-state index contributed by atoms with van der Waals surface area (Å²) >= 11 is 0. The monoisotopic (exact) mass is 400 g/mol. The van der Waals surface area contributed by atoms with Gasteiger partial charge >= 0.3 is 42.0 Å². The van der Waals surface area contributed by atoms with E-state index in [0.29, 0.717) is 0 Å². The molecule has 0 aliphatic rings. The molecule has 0 rings (SSSR count). The fourth-order valence-corrected chi connectivity index (χ4v) is 1.35. The van der Waals surface area contributed by atoms with Crippen LogP contribution in [0.4, 0.5) is 52.7 Å². The molecule has 0 atom stereocenters. The van der Waals surface area contributed by atoms with Gasteiger partial charge in [-0.05, 0) is 6.42 Å². The molecule has 0 heterocycles. The van der Waals surface area contributed by atoms with Gasteiger partial charge in [-0.25, -0.2) is 13.6 Å². The maximum Gasteiger partial charge on any atom is 0.384 e. The molecule has 0 spiro atoms. The van der Waals surface area contributed by atoms with Crippen LogP contribution in [0, 0.1) is 0 Å². The molecule has 0 fully saturated rings. The lowest BCUT2D eigenvalue weighted by Crippen LogP contribution is -2.68. The van der Waals surface area contributed by atoms with Crippen molar-refractivity contribution in [2.75, 3.05) is 0 Å². The van der Waals surface area contributed by atoms with E-state index in [1.165, 1.54) is 0 Å². The van der Waals surface area contributed by atoms with Crippen LogP contribution in [0.25, 0.3) is 0 Å². The van der Waals surface area contributed by atoms with Crippen molar-refractivity contribution in [1.82, 2.24) is 0 Å².